The first-order chi connectivity index (χ1) is 7.71. The lowest BCUT2D eigenvalue weighted by molar-refractivity contribution is -0.613. The van der Waals surface area contributed by atoms with E-state index in [0.29, 0.717) is 0 Å². The van der Waals surface area contributed by atoms with Crippen LogP contribution in [0.25, 0.3) is 0 Å². The van der Waals surface area contributed by atoms with Gasteiger partial charge >= 0.3 is 17.7 Å². The van der Waals surface area contributed by atoms with Gasteiger partial charge in [-0.3, -0.25) is 14.9 Å². The van der Waals surface area contributed by atoms with Crippen molar-refractivity contribution >= 4 is 5.97 Å². The number of hydrogen-bond donors (Lipinski definition) is 0. The van der Waals surface area contributed by atoms with E-state index in [1.54, 1.807) is 0 Å². The Hall–Kier alpha value is -1.60. The lowest BCUT2D eigenvalue weighted by Gasteiger charge is -2.26. The van der Waals surface area contributed by atoms with Gasteiger partial charge in [0.2, 0.25) is 0 Å². The molecule has 0 fully saturated rings. The second-order valence-electron chi connectivity index (χ2n) is 3.36. The number of carbonyl (C=O) groups excluding carboxylic acids is 1. The molecule has 0 aliphatic rings. The molecule has 98 valence electrons. The Morgan fingerprint density at radius 1 is 1.53 bits per heavy atom. The minimum atomic E-state index is -5.06. The van der Waals surface area contributed by atoms with Crippen LogP contribution in [0.3, 0.4) is 0 Å². The van der Waals surface area contributed by atoms with Crippen molar-refractivity contribution in [2.75, 3.05) is 7.11 Å². The van der Waals surface area contributed by atoms with Gasteiger partial charge in [-0.2, -0.15) is 13.2 Å². The Bertz CT molecular complexity index is 316. The number of hydrogen-bond acceptors (Lipinski definition) is 4. The standard InChI is InChI=1S/C9H12F3NO4/c1-3-5-8(13(15)16,9(10,11)12)6-4-7(14)17-2/h3H,1,4-6H2,2H3. The van der Waals surface area contributed by atoms with Crippen molar-refractivity contribution in [3.8, 4) is 0 Å². The van der Waals surface area contributed by atoms with Gasteiger partial charge in [-0.05, 0) is 0 Å². The number of nitrogens with zero attached hydrogens (tertiary/aromatic N) is 1. The van der Waals surface area contributed by atoms with Crippen molar-refractivity contribution in [1.29, 1.82) is 0 Å². The molecule has 0 aromatic rings. The van der Waals surface area contributed by atoms with E-state index in [2.05, 4.69) is 11.3 Å². The molecular weight excluding hydrogens is 243 g/mol. The summed E-state index contributed by atoms with van der Waals surface area (Å²) in [6.07, 6.45) is -6.78. The van der Waals surface area contributed by atoms with Crippen LogP contribution in [0.1, 0.15) is 19.3 Å². The molecule has 0 heterocycles. The van der Waals surface area contributed by atoms with E-state index in [0.717, 1.165) is 13.2 Å². The fraction of sp³-hybridized carbons (Fsp3) is 0.667. The molecule has 0 bridgehead atoms. The molecule has 0 rings (SSSR count). The van der Waals surface area contributed by atoms with Crippen LogP contribution < -0.4 is 0 Å². The van der Waals surface area contributed by atoms with Crippen LogP contribution in [0.4, 0.5) is 13.2 Å². The molecule has 0 radical (unpaired) electrons. The van der Waals surface area contributed by atoms with Gasteiger partial charge in [-0.25, -0.2) is 0 Å². The minimum absolute atomic E-state index is 0.676. The fourth-order valence-electron chi connectivity index (χ4n) is 1.28. The van der Waals surface area contributed by atoms with Gasteiger partial charge in [0.15, 0.2) is 0 Å². The van der Waals surface area contributed by atoms with Crippen LogP contribution in [0.5, 0.6) is 0 Å². The van der Waals surface area contributed by atoms with E-state index in [1.165, 1.54) is 0 Å². The molecule has 1 unspecified atom stereocenters. The first-order valence-corrected chi connectivity index (χ1v) is 4.60. The van der Waals surface area contributed by atoms with Crippen molar-refractivity contribution in [3.05, 3.63) is 22.8 Å². The summed E-state index contributed by atoms with van der Waals surface area (Å²) in [7, 11) is 0.997. The topological polar surface area (TPSA) is 69.4 Å². The van der Waals surface area contributed by atoms with E-state index in [4.69, 9.17) is 0 Å². The van der Waals surface area contributed by atoms with E-state index in [-0.39, 0.29) is 0 Å². The lowest BCUT2D eigenvalue weighted by Crippen LogP contribution is -2.51. The number of alkyl halides is 3. The monoisotopic (exact) mass is 255 g/mol. The Morgan fingerprint density at radius 2 is 2.06 bits per heavy atom. The summed E-state index contributed by atoms with van der Waals surface area (Å²) in [5.74, 6) is -0.926. The third kappa shape index (κ3) is 3.43. The molecule has 5 nitrogen and oxygen atoms in total. The first-order valence-electron chi connectivity index (χ1n) is 4.60. The van der Waals surface area contributed by atoms with Gasteiger partial charge in [-0.1, -0.05) is 6.08 Å². The van der Waals surface area contributed by atoms with Gasteiger partial charge in [0, 0.05) is 17.8 Å². The molecule has 0 amide bonds. The Kier molecular flexibility index (Phi) is 5.11. The van der Waals surface area contributed by atoms with E-state index < -0.39 is 41.9 Å². The van der Waals surface area contributed by atoms with Gasteiger partial charge < -0.3 is 4.74 Å². The van der Waals surface area contributed by atoms with Gasteiger partial charge in [0.05, 0.1) is 13.5 Å². The summed E-state index contributed by atoms with van der Waals surface area (Å²) in [5, 5.41) is 10.6. The molecule has 0 aliphatic heterocycles. The normalized spacial score (nSPS) is 14.8. The van der Waals surface area contributed by atoms with Crippen molar-refractivity contribution in [2.24, 2.45) is 0 Å². The molecule has 0 aromatic carbocycles. The highest BCUT2D eigenvalue weighted by Gasteiger charge is 2.64. The van der Waals surface area contributed by atoms with Crippen molar-refractivity contribution in [3.63, 3.8) is 0 Å². The average Bonchev–Trinajstić information content (AvgIpc) is 2.21. The smallest absolute Gasteiger partial charge is 0.460 e. The highest BCUT2D eigenvalue weighted by molar-refractivity contribution is 5.69. The van der Waals surface area contributed by atoms with E-state index in [9.17, 15) is 28.1 Å². The second kappa shape index (κ2) is 5.65. The quantitative estimate of drug-likeness (QED) is 0.315. The van der Waals surface area contributed by atoms with Crippen LogP contribution >= 0.6 is 0 Å². The van der Waals surface area contributed by atoms with Crippen molar-refractivity contribution < 1.29 is 27.6 Å². The molecule has 0 spiro atoms. The van der Waals surface area contributed by atoms with Crippen molar-refractivity contribution in [2.45, 2.75) is 31.0 Å². The Labute approximate surface area is 95.4 Å². The molecular formula is C9H12F3NO4. The molecule has 0 saturated heterocycles. The molecule has 0 N–H and O–H groups in total. The van der Waals surface area contributed by atoms with Gasteiger partial charge in [-0.15, -0.1) is 6.58 Å². The predicted octanol–water partition coefficient (Wildman–Crippen LogP) is 2.09. The number of methoxy groups -OCH3 is 1. The maximum Gasteiger partial charge on any atom is 0.460 e. The summed E-state index contributed by atoms with van der Waals surface area (Å²) in [4.78, 5) is 20.0. The number of halogens is 3. The first kappa shape index (κ1) is 15.4. The summed E-state index contributed by atoms with van der Waals surface area (Å²) in [6, 6.07) is 0. The zero-order valence-electron chi connectivity index (χ0n) is 9.12. The van der Waals surface area contributed by atoms with Gasteiger partial charge in [0.25, 0.3) is 0 Å². The van der Waals surface area contributed by atoms with Crippen LogP contribution in [-0.4, -0.2) is 29.7 Å². The van der Waals surface area contributed by atoms with E-state index >= 15 is 0 Å². The summed E-state index contributed by atoms with van der Waals surface area (Å²) >= 11 is 0. The van der Waals surface area contributed by atoms with Crippen molar-refractivity contribution in [1.82, 2.24) is 0 Å². The summed E-state index contributed by atoms with van der Waals surface area (Å²) in [5.41, 5.74) is -3.18. The number of nitro groups is 1. The van der Waals surface area contributed by atoms with Crippen LogP contribution in [0.2, 0.25) is 0 Å². The average molecular weight is 255 g/mol. The Morgan fingerprint density at radius 3 is 2.35 bits per heavy atom. The number of rotatable bonds is 6. The van der Waals surface area contributed by atoms with Crippen LogP contribution in [0.15, 0.2) is 12.7 Å². The van der Waals surface area contributed by atoms with Gasteiger partial charge in [0.1, 0.15) is 0 Å². The summed E-state index contributed by atoms with van der Waals surface area (Å²) < 4.78 is 42.3. The highest BCUT2D eigenvalue weighted by Crippen LogP contribution is 2.39. The fourth-order valence-corrected chi connectivity index (χ4v) is 1.28. The zero-order chi connectivity index (χ0) is 13.7. The number of carbonyl (C=O) groups is 1. The van der Waals surface area contributed by atoms with E-state index in [1.807, 2.05) is 0 Å². The minimum Gasteiger partial charge on any atom is -0.469 e. The molecule has 0 aliphatic carbocycles. The molecule has 0 saturated carbocycles. The third-order valence-corrected chi connectivity index (χ3v) is 2.33. The molecule has 17 heavy (non-hydrogen) atoms. The SMILES string of the molecule is C=CCC(CCC(=O)OC)([N+](=O)[O-])C(F)(F)F. The lowest BCUT2D eigenvalue weighted by atomic mass is 9.89. The third-order valence-electron chi connectivity index (χ3n) is 2.33. The van der Waals surface area contributed by atoms with Crippen LogP contribution in [-0.2, 0) is 9.53 Å². The largest absolute Gasteiger partial charge is 0.469 e. The molecule has 1 atom stereocenters. The molecule has 0 aromatic heterocycles. The number of ether oxygens (including phenoxy) is 1. The maximum absolute atomic E-state index is 12.7. The molecule has 8 heteroatoms. The zero-order valence-corrected chi connectivity index (χ0v) is 9.12. The van der Waals surface area contributed by atoms with Crippen LogP contribution in [0, 0.1) is 10.1 Å². The maximum atomic E-state index is 12.7. The highest BCUT2D eigenvalue weighted by atomic mass is 19.4. The predicted molar refractivity (Wildman–Crippen MR) is 51.8 cm³/mol. The Balaban J connectivity index is 5.12. The summed E-state index contributed by atoms with van der Waals surface area (Å²) in [6.45, 7) is 3.07. The second-order valence-corrected chi connectivity index (χ2v) is 3.36. The number of esters is 1.